The van der Waals surface area contributed by atoms with Gasteiger partial charge in [0.05, 0.1) is 18.1 Å². The van der Waals surface area contributed by atoms with Crippen molar-refractivity contribution in [3.63, 3.8) is 0 Å². The summed E-state index contributed by atoms with van der Waals surface area (Å²) in [6.07, 6.45) is 8.23. The highest BCUT2D eigenvalue weighted by atomic mass is 16.5. The molecule has 0 atom stereocenters. The zero-order valence-electron chi connectivity index (χ0n) is 19.2. The number of hydrogen-bond acceptors (Lipinski definition) is 7. The van der Waals surface area contributed by atoms with Gasteiger partial charge in [0, 0.05) is 57.2 Å². The van der Waals surface area contributed by atoms with Crippen molar-refractivity contribution in [3.8, 4) is 5.75 Å². The number of fused-ring (bicyclic) bond motifs is 1. The molecule has 3 heterocycles. The maximum atomic E-state index is 5.54. The van der Waals surface area contributed by atoms with Gasteiger partial charge in [0.2, 0.25) is 0 Å². The van der Waals surface area contributed by atoms with E-state index >= 15 is 0 Å². The van der Waals surface area contributed by atoms with Crippen molar-refractivity contribution in [2.45, 2.75) is 6.54 Å². The van der Waals surface area contributed by atoms with Gasteiger partial charge < -0.3 is 19.9 Å². The first-order valence-electron chi connectivity index (χ1n) is 11.4. The number of aromatic nitrogens is 2. The second kappa shape index (κ2) is 9.60. The molecule has 2 aliphatic rings. The van der Waals surface area contributed by atoms with Crippen LogP contribution in [0.4, 0.5) is 17.3 Å². The highest BCUT2D eigenvalue weighted by Gasteiger charge is 2.19. The lowest BCUT2D eigenvalue weighted by molar-refractivity contribution is 0.148. The summed E-state index contributed by atoms with van der Waals surface area (Å²) in [5, 5.41) is 3.61. The lowest BCUT2D eigenvalue weighted by atomic mass is 10.1. The maximum Gasteiger partial charge on any atom is 0.177 e. The summed E-state index contributed by atoms with van der Waals surface area (Å²) >= 11 is 0. The topological polar surface area (TPSA) is 56.8 Å². The molecule has 5 rings (SSSR count). The van der Waals surface area contributed by atoms with E-state index in [2.05, 4.69) is 45.3 Å². The zero-order valence-corrected chi connectivity index (χ0v) is 19.2. The molecule has 0 radical (unpaired) electrons. The molecule has 1 aromatic heterocycles. The van der Waals surface area contributed by atoms with Gasteiger partial charge in [0.25, 0.3) is 0 Å². The minimum atomic E-state index is 0.738. The van der Waals surface area contributed by atoms with Crippen LogP contribution in [0.1, 0.15) is 5.56 Å². The van der Waals surface area contributed by atoms with Crippen LogP contribution < -0.4 is 15.0 Å². The first kappa shape index (κ1) is 21.4. The number of allylic oxidation sites excluding steroid dienone is 2. The number of rotatable bonds is 6. The number of piperazine rings is 1. The normalized spacial score (nSPS) is 17.0. The molecule has 1 N–H and O–H groups in total. The molecule has 0 unspecified atom stereocenters. The van der Waals surface area contributed by atoms with E-state index in [9.17, 15) is 0 Å². The van der Waals surface area contributed by atoms with Gasteiger partial charge in [-0.15, -0.1) is 0 Å². The van der Waals surface area contributed by atoms with Crippen LogP contribution in [-0.4, -0.2) is 66.6 Å². The van der Waals surface area contributed by atoms with E-state index in [1.807, 2.05) is 48.7 Å². The minimum Gasteiger partial charge on any atom is -0.497 e. The van der Waals surface area contributed by atoms with Crippen molar-refractivity contribution in [1.29, 1.82) is 0 Å². The summed E-state index contributed by atoms with van der Waals surface area (Å²) in [5.74, 6) is 2.36. The molecule has 0 spiro atoms. The van der Waals surface area contributed by atoms with Crippen LogP contribution in [0.3, 0.4) is 0 Å². The zero-order chi connectivity index (χ0) is 22.6. The van der Waals surface area contributed by atoms with Crippen LogP contribution in [0.15, 0.2) is 66.9 Å². The molecule has 1 saturated heterocycles. The average Bonchev–Trinajstić information content (AvgIpc) is 2.86. The van der Waals surface area contributed by atoms with E-state index in [0.29, 0.717) is 0 Å². The molecule has 0 saturated carbocycles. The number of likely N-dealkylation sites (N-methyl/N-ethyl adjacent to an activating group) is 1. The molecule has 7 heteroatoms. The first-order chi connectivity index (χ1) is 16.2. The summed E-state index contributed by atoms with van der Waals surface area (Å²) in [6.45, 7) is 5.94. The summed E-state index contributed by atoms with van der Waals surface area (Å²) in [5.41, 5.74) is 3.96. The molecular weight excluding hydrogens is 412 g/mol. The quantitative estimate of drug-likeness (QED) is 0.619. The number of nitrogens with zero attached hydrogens (tertiary/aromatic N) is 5. The Morgan fingerprint density at radius 2 is 1.76 bits per heavy atom. The SMILES string of the molecule is COc1ccc(CN2CCN(C)CC2)c(Nc2nc3ccccc3nc2N2C=CC=CC2)c1. The van der Waals surface area contributed by atoms with Crippen molar-refractivity contribution in [1.82, 2.24) is 19.8 Å². The lowest BCUT2D eigenvalue weighted by Crippen LogP contribution is -2.43. The van der Waals surface area contributed by atoms with E-state index < -0.39 is 0 Å². The molecule has 2 aromatic carbocycles. The number of nitrogens with one attached hydrogen (secondary N) is 1. The van der Waals surface area contributed by atoms with Crippen molar-refractivity contribution in [3.05, 3.63) is 72.5 Å². The molecule has 0 aliphatic carbocycles. The van der Waals surface area contributed by atoms with Gasteiger partial charge in [-0.2, -0.15) is 0 Å². The van der Waals surface area contributed by atoms with Gasteiger partial charge in [0.1, 0.15) is 5.75 Å². The highest BCUT2D eigenvalue weighted by Crippen LogP contribution is 2.32. The largest absolute Gasteiger partial charge is 0.497 e. The second-order valence-corrected chi connectivity index (χ2v) is 8.53. The van der Waals surface area contributed by atoms with E-state index in [1.165, 1.54) is 5.56 Å². The molecule has 0 bridgehead atoms. The number of benzene rings is 2. The fourth-order valence-electron chi connectivity index (χ4n) is 4.21. The predicted molar refractivity (Wildman–Crippen MR) is 134 cm³/mol. The summed E-state index contributed by atoms with van der Waals surface area (Å²) < 4.78 is 5.54. The fourth-order valence-corrected chi connectivity index (χ4v) is 4.21. The Kier molecular flexibility index (Phi) is 6.24. The highest BCUT2D eigenvalue weighted by molar-refractivity contribution is 5.83. The third-order valence-electron chi connectivity index (χ3n) is 6.20. The monoisotopic (exact) mass is 442 g/mol. The molecule has 33 heavy (non-hydrogen) atoms. The van der Waals surface area contributed by atoms with E-state index in [1.54, 1.807) is 7.11 Å². The molecule has 0 amide bonds. The first-order valence-corrected chi connectivity index (χ1v) is 11.4. The molecule has 2 aliphatic heterocycles. The van der Waals surface area contributed by atoms with E-state index in [0.717, 1.165) is 73.4 Å². The number of anilines is 3. The molecule has 1 fully saturated rings. The predicted octanol–water partition coefficient (Wildman–Crippen LogP) is 4.02. The third-order valence-corrected chi connectivity index (χ3v) is 6.20. The summed E-state index contributed by atoms with van der Waals surface area (Å²) in [6, 6.07) is 14.2. The Bertz CT molecular complexity index is 1180. The van der Waals surface area contributed by atoms with Crippen LogP contribution in [-0.2, 0) is 6.54 Å². The van der Waals surface area contributed by atoms with E-state index in [4.69, 9.17) is 14.7 Å². The molecule has 7 nitrogen and oxygen atoms in total. The number of para-hydroxylation sites is 2. The van der Waals surface area contributed by atoms with Gasteiger partial charge in [0.15, 0.2) is 11.6 Å². The Morgan fingerprint density at radius 1 is 0.970 bits per heavy atom. The van der Waals surface area contributed by atoms with Gasteiger partial charge in [-0.1, -0.05) is 30.4 Å². The van der Waals surface area contributed by atoms with Crippen molar-refractivity contribution >= 4 is 28.4 Å². The van der Waals surface area contributed by atoms with Crippen LogP contribution in [0.2, 0.25) is 0 Å². The fraction of sp³-hybridized carbons (Fsp3) is 0.308. The van der Waals surface area contributed by atoms with Gasteiger partial charge >= 0.3 is 0 Å². The van der Waals surface area contributed by atoms with Gasteiger partial charge in [-0.3, -0.25) is 4.90 Å². The van der Waals surface area contributed by atoms with Crippen LogP contribution in [0.5, 0.6) is 5.75 Å². The molecule has 170 valence electrons. The smallest absolute Gasteiger partial charge is 0.177 e. The Labute approximate surface area is 195 Å². The standard InChI is InChI=1S/C26H30N6O/c1-30-14-16-31(17-15-30)19-20-10-11-21(33-2)18-24(20)28-25-26(32-12-6-3-7-13-32)29-23-9-5-4-8-22(23)27-25/h3-12,18H,13-17,19H2,1-2H3,(H,27,28). The third kappa shape index (κ3) is 4.84. The van der Waals surface area contributed by atoms with Crippen molar-refractivity contribution < 1.29 is 4.74 Å². The second-order valence-electron chi connectivity index (χ2n) is 8.53. The van der Waals surface area contributed by atoms with Crippen molar-refractivity contribution in [2.75, 3.05) is 57.1 Å². The summed E-state index contributed by atoms with van der Waals surface area (Å²) in [4.78, 5) is 16.9. The Hall–Kier alpha value is -3.42. The Balaban J connectivity index is 1.51. The van der Waals surface area contributed by atoms with Gasteiger partial charge in [-0.25, -0.2) is 9.97 Å². The summed E-state index contributed by atoms with van der Waals surface area (Å²) in [7, 11) is 3.88. The van der Waals surface area contributed by atoms with E-state index in [-0.39, 0.29) is 0 Å². The minimum absolute atomic E-state index is 0.738. The Morgan fingerprint density at radius 3 is 2.48 bits per heavy atom. The van der Waals surface area contributed by atoms with Crippen molar-refractivity contribution in [2.24, 2.45) is 0 Å². The molecule has 3 aromatic rings. The van der Waals surface area contributed by atoms with Crippen LogP contribution in [0, 0.1) is 0 Å². The number of hydrogen-bond donors (Lipinski definition) is 1. The number of ether oxygens (including phenoxy) is 1. The van der Waals surface area contributed by atoms with Crippen LogP contribution >= 0.6 is 0 Å². The number of methoxy groups -OCH3 is 1. The maximum absolute atomic E-state index is 5.54. The lowest BCUT2D eigenvalue weighted by Gasteiger charge is -2.33. The molecular formula is C26H30N6O. The average molecular weight is 443 g/mol. The van der Waals surface area contributed by atoms with Crippen LogP contribution in [0.25, 0.3) is 11.0 Å². The van der Waals surface area contributed by atoms with Gasteiger partial charge in [-0.05, 0) is 36.9 Å².